The van der Waals surface area contributed by atoms with Crippen molar-refractivity contribution in [2.75, 3.05) is 6.54 Å². The largest absolute Gasteiger partial charge is 0.314 e. The minimum atomic E-state index is 0.655. The molecule has 0 bridgehead atoms. The molecule has 1 N–H and O–H groups in total. The Balaban J connectivity index is 1.80. The van der Waals surface area contributed by atoms with Gasteiger partial charge in [0.05, 0.1) is 0 Å². The topological polar surface area (TPSA) is 12.0 Å². The van der Waals surface area contributed by atoms with E-state index in [1.807, 2.05) is 11.3 Å². The Hall–Kier alpha value is 0.140. The predicted molar refractivity (Wildman–Crippen MR) is 89.0 cm³/mol. The molecule has 0 aliphatic heterocycles. The molecule has 1 saturated carbocycles. The van der Waals surface area contributed by atoms with Crippen LogP contribution in [0.4, 0.5) is 0 Å². The van der Waals surface area contributed by atoms with Gasteiger partial charge in [-0.2, -0.15) is 0 Å². The van der Waals surface area contributed by atoms with E-state index >= 15 is 0 Å². The molecule has 1 aromatic rings. The molecule has 1 aliphatic carbocycles. The van der Waals surface area contributed by atoms with E-state index in [1.54, 1.807) is 0 Å². The van der Waals surface area contributed by atoms with Crippen molar-refractivity contribution in [2.24, 2.45) is 5.92 Å². The van der Waals surface area contributed by atoms with E-state index < -0.39 is 0 Å². The molecule has 1 atom stereocenters. The number of hydrogen-bond donors (Lipinski definition) is 1. The molecule has 0 radical (unpaired) electrons. The van der Waals surface area contributed by atoms with Crippen molar-refractivity contribution in [2.45, 2.75) is 64.3 Å². The molecular formula is C16H26BrNS. The summed E-state index contributed by atoms with van der Waals surface area (Å²) in [6.07, 6.45) is 11.3. The summed E-state index contributed by atoms with van der Waals surface area (Å²) in [5.74, 6) is 1.00. The first-order valence-corrected chi connectivity index (χ1v) is 9.42. The lowest BCUT2D eigenvalue weighted by Gasteiger charge is -2.24. The predicted octanol–water partition coefficient (Wildman–Crippen LogP) is 5.39. The van der Waals surface area contributed by atoms with Crippen LogP contribution in [0.15, 0.2) is 15.9 Å². The maximum Gasteiger partial charge on any atom is 0.0314 e. The van der Waals surface area contributed by atoms with Crippen LogP contribution >= 0.6 is 27.3 Å². The number of likely N-dealkylation sites (N-methyl/N-ethyl adjacent to an activating group) is 1. The third-order valence-corrected chi connectivity index (χ3v) is 6.21. The fourth-order valence-electron chi connectivity index (χ4n) is 3.17. The van der Waals surface area contributed by atoms with Crippen molar-refractivity contribution in [3.63, 3.8) is 0 Å². The van der Waals surface area contributed by atoms with E-state index in [-0.39, 0.29) is 0 Å². The van der Waals surface area contributed by atoms with Crippen LogP contribution in [0.3, 0.4) is 0 Å². The van der Waals surface area contributed by atoms with Gasteiger partial charge in [0.1, 0.15) is 0 Å². The van der Waals surface area contributed by atoms with Crippen LogP contribution < -0.4 is 5.32 Å². The summed E-state index contributed by atoms with van der Waals surface area (Å²) >= 11 is 5.53. The van der Waals surface area contributed by atoms with E-state index in [2.05, 4.69) is 39.6 Å². The number of hydrogen-bond acceptors (Lipinski definition) is 2. The summed E-state index contributed by atoms with van der Waals surface area (Å²) < 4.78 is 1.29. The van der Waals surface area contributed by atoms with Gasteiger partial charge in [0, 0.05) is 15.4 Å². The molecule has 0 aromatic carbocycles. The van der Waals surface area contributed by atoms with Gasteiger partial charge in [-0.05, 0) is 59.1 Å². The molecule has 3 heteroatoms. The molecule has 0 spiro atoms. The van der Waals surface area contributed by atoms with E-state index in [9.17, 15) is 0 Å². The summed E-state index contributed by atoms with van der Waals surface area (Å²) in [5.41, 5.74) is 0. The van der Waals surface area contributed by atoms with Gasteiger partial charge in [-0.1, -0.05) is 39.0 Å². The second kappa shape index (κ2) is 8.43. The zero-order valence-corrected chi connectivity index (χ0v) is 14.4. The van der Waals surface area contributed by atoms with Crippen LogP contribution in [0.25, 0.3) is 0 Å². The lowest BCUT2D eigenvalue weighted by molar-refractivity contribution is 0.313. The first-order valence-electron chi connectivity index (χ1n) is 7.74. The zero-order valence-electron chi connectivity index (χ0n) is 12.0. The third-order valence-electron chi connectivity index (χ3n) is 4.26. The molecule has 1 heterocycles. The molecule has 2 rings (SSSR count). The van der Waals surface area contributed by atoms with E-state index in [4.69, 9.17) is 0 Å². The number of halogens is 1. The summed E-state index contributed by atoms with van der Waals surface area (Å²) in [7, 11) is 0. The van der Waals surface area contributed by atoms with Gasteiger partial charge < -0.3 is 5.32 Å². The summed E-state index contributed by atoms with van der Waals surface area (Å²) in [6.45, 7) is 3.30. The highest BCUT2D eigenvalue weighted by molar-refractivity contribution is 9.10. The number of rotatable bonds is 7. The quantitative estimate of drug-likeness (QED) is 0.699. The van der Waals surface area contributed by atoms with Gasteiger partial charge in [-0.15, -0.1) is 11.3 Å². The molecule has 108 valence electrons. The van der Waals surface area contributed by atoms with Gasteiger partial charge in [0.25, 0.3) is 0 Å². The maximum absolute atomic E-state index is 3.67. The smallest absolute Gasteiger partial charge is 0.0314 e. The van der Waals surface area contributed by atoms with Crippen molar-refractivity contribution in [3.8, 4) is 0 Å². The first-order chi connectivity index (χ1) is 9.29. The molecular weight excluding hydrogens is 318 g/mol. The second-order valence-electron chi connectivity index (χ2n) is 5.73. The Labute approximate surface area is 130 Å². The highest BCUT2D eigenvalue weighted by Crippen LogP contribution is 2.29. The molecule has 1 unspecified atom stereocenters. The molecule has 0 saturated heterocycles. The fourth-order valence-corrected chi connectivity index (χ4v) is 4.77. The molecule has 19 heavy (non-hydrogen) atoms. The summed E-state index contributed by atoms with van der Waals surface area (Å²) in [5, 5.41) is 5.86. The normalized spacial score (nSPS) is 18.6. The lowest BCUT2D eigenvalue weighted by atomic mass is 9.85. The highest BCUT2D eigenvalue weighted by Gasteiger charge is 2.17. The van der Waals surface area contributed by atoms with Crippen LogP contribution in [0.1, 0.15) is 56.7 Å². The standard InChI is InChI=1S/C16H26BrNS/c1-2-18-14(12-16-15(17)10-11-19-16)9-8-13-6-4-3-5-7-13/h10-11,13-14,18H,2-9,12H2,1H3. The van der Waals surface area contributed by atoms with Crippen LogP contribution in [-0.2, 0) is 6.42 Å². The average Bonchev–Trinajstić information content (AvgIpc) is 2.83. The Kier molecular flexibility index (Phi) is 6.89. The Morgan fingerprint density at radius 1 is 1.37 bits per heavy atom. The maximum atomic E-state index is 3.67. The van der Waals surface area contributed by atoms with Crippen molar-refractivity contribution >= 4 is 27.3 Å². The SMILES string of the molecule is CCNC(CCC1CCCCC1)Cc1sccc1Br. The monoisotopic (exact) mass is 343 g/mol. The zero-order chi connectivity index (χ0) is 13.5. The Bertz CT molecular complexity index is 357. The van der Waals surface area contributed by atoms with Gasteiger partial charge in [0.15, 0.2) is 0 Å². The summed E-state index contributed by atoms with van der Waals surface area (Å²) in [4.78, 5) is 1.49. The van der Waals surface area contributed by atoms with Crippen molar-refractivity contribution in [3.05, 3.63) is 20.8 Å². The molecule has 0 amide bonds. The van der Waals surface area contributed by atoms with E-state index in [0.29, 0.717) is 6.04 Å². The van der Waals surface area contributed by atoms with Gasteiger partial charge in [-0.3, -0.25) is 0 Å². The minimum absolute atomic E-state index is 0.655. The Morgan fingerprint density at radius 2 is 2.16 bits per heavy atom. The van der Waals surface area contributed by atoms with Crippen LogP contribution in [0.5, 0.6) is 0 Å². The van der Waals surface area contributed by atoms with Gasteiger partial charge in [-0.25, -0.2) is 0 Å². The lowest BCUT2D eigenvalue weighted by Crippen LogP contribution is -2.31. The van der Waals surface area contributed by atoms with E-state index in [0.717, 1.165) is 12.5 Å². The second-order valence-corrected chi connectivity index (χ2v) is 7.59. The molecule has 1 aliphatic rings. The minimum Gasteiger partial charge on any atom is -0.314 e. The molecule has 1 aromatic heterocycles. The molecule has 1 nitrogen and oxygen atoms in total. The van der Waals surface area contributed by atoms with Crippen LogP contribution in [0.2, 0.25) is 0 Å². The number of thiophene rings is 1. The van der Waals surface area contributed by atoms with Crippen molar-refractivity contribution in [1.82, 2.24) is 5.32 Å². The number of nitrogens with one attached hydrogen (secondary N) is 1. The van der Waals surface area contributed by atoms with Crippen LogP contribution in [0, 0.1) is 5.92 Å². The average molecular weight is 344 g/mol. The molecule has 1 fully saturated rings. The van der Waals surface area contributed by atoms with E-state index in [1.165, 1.54) is 60.7 Å². The first kappa shape index (κ1) is 15.5. The fraction of sp³-hybridized carbons (Fsp3) is 0.750. The van der Waals surface area contributed by atoms with Gasteiger partial charge in [0.2, 0.25) is 0 Å². The van der Waals surface area contributed by atoms with Crippen molar-refractivity contribution < 1.29 is 0 Å². The van der Waals surface area contributed by atoms with Crippen molar-refractivity contribution in [1.29, 1.82) is 0 Å². The van der Waals surface area contributed by atoms with Gasteiger partial charge >= 0.3 is 0 Å². The third kappa shape index (κ3) is 5.20. The van der Waals surface area contributed by atoms with Crippen LogP contribution in [-0.4, -0.2) is 12.6 Å². The summed E-state index contributed by atoms with van der Waals surface area (Å²) in [6, 6.07) is 2.83. The Morgan fingerprint density at radius 3 is 2.79 bits per heavy atom. The highest BCUT2D eigenvalue weighted by atomic mass is 79.9.